The molecule has 0 aromatic rings. The van der Waals surface area contributed by atoms with Crippen LogP contribution < -0.4 is 0 Å². The minimum atomic E-state index is -2.96. The molecule has 3 nitrogen and oxygen atoms in total. The predicted octanol–water partition coefficient (Wildman–Crippen LogP) is 2.46. The molecule has 18 heavy (non-hydrogen) atoms. The summed E-state index contributed by atoms with van der Waals surface area (Å²) >= 11 is 5.31. The van der Waals surface area contributed by atoms with Crippen molar-refractivity contribution in [1.82, 2.24) is 4.90 Å². The first-order valence-electron chi connectivity index (χ1n) is 6.51. The predicted molar refractivity (Wildman–Crippen MR) is 84.3 cm³/mol. The van der Waals surface area contributed by atoms with Gasteiger partial charge in [-0.25, -0.2) is 8.42 Å². The lowest BCUT2D eigenvalue weighted by molar-refractivity contribution is 0.211. The van der Waals surface area contributed by atoms with Gasteiger partial charge in [-0.2, -0.15) is 11.8 Å². The second-order valence-electron chi connectivity index (χ2n) is 5.13. The molecule has 0 N–H and O–H groups in total. The largest absolute Gasteiger partial charge is 0.285 e. The Morgan fingerprint density at radius 2 is 2.11 bits per heavy atom. The molecule has 0 radical (unpaired) electrons. The number of nitrogens with zero attached hydrogens (tertiary/aromatic N) is 1. The molecular weight excluding hydrogens is 334 g/mol. The van der Waals surface area contributed by atoms with E-state index in [1.54, 1.807) is 18.7 Å². The lowest BCUT2D eigenvalue weighted by Crippen LogP contribution is -2.50. The van der Waals surface area contributed by atoms with Gasteiger partial charge >= 0.3 is 0 Å². The normalized spacial score (nSPS) is 24.4. The minimum Gasteiger partial charge on any atom is -0.285 e. The van der Waals surface area contributed by atoms with Crippen LogP contribution >= 0.6 is 27.7 Å². The van der Waals surface area contributed by atoms with Crippen molar-refractivity contribution in [3.8, 4) is 0 Å². The monoisotopic (exact) mass is 357 g/mol. The van der Waals surface area contributed by atoms with Gasteiger partial charge in [-0.3, -0.25) is 4.90 Å². The van der Waals surface area contributed by atoms with Crippen molar-refractivity contribution < 1.29 is 8.42 Å². The summed E-state index contributed by atoms with van der Waals surface area (Å²) in [6, 6.07) is 0. The van der Waals surface area contributed by atoms with Crippen LogP contribution in [-0.2, 0) is 9.84 Å². The van der Waals surface area contributed by atoms with E-state index in [-0.39, 0.29) is 11.1 Å². The third-order valence-electron chi connectivity index (χ3n) is 3.62. The van der Waals surface area contributed by atoms with Gasteiger partial charge in [0, 0.05) is 35.7 Å². The summed E-state index contributed by atoms with van der Waals surface area (Å²) in [6.07, 6.45) is 0. The number of hydrogen-bond donors (Lipinski definition) is 0. The maximum absolute atomic E-state index is 12.1. The summed E-state index contributed by atoms with van der Waals surface area (Å²) < 4.78 is 24.3. The van der Waals surface area contributed by atoms with Gasteiger partial charge in [0.25, 0.3) is 0 Å². The molecule has 0 spiro atoms. The molecule has 1 rings (SSSR count). The van der Waals surface area contributed by atoms with Crippen molar-refractivity contribution in [1.29, 1.82) is 0 Å². The van der Waals surface area contributed by atoms with E-state index in [0.717, 1.165) is 29.9 Å². The van der Waals surface area contributed by atoms with E-state index in [4.69, 9.17) is 0 Å². The first-order valence-corrected chi connectivity index (χ1v) is 10.5. The molecule has 6 heteroatoms. The van der Waals surface area contributed by atoms with E-state index < -0.39 is 9.84 Å². The van der Waals surface area contributed by atoms with Crippen LogP contribution in [0.15, 0.2) is 0 Å². The molecule has 2 unspecified atom stereocenters. The Morgan fingerprint density at radius 3 is 2.61 bits per heavy atom. The second-order valence-corrected chi connectivity index (χ2v) is 9.38. The summed E-state index contributed by atoms with van der Waals surface area (Å²) in [7, 11) is -2.96. The molecule has 0 aliphatic carbocycles. The summed E-state index contributed by atoms with van der Waals surface area (Å²) in [4.78, 5) is 2.18. The standard InChI is InChI=1S/C12H24BrNO2S2/c1-4-18(15,16)12-9-17-6-5-14(12)8-11(7-13)10(2)3/h10-12H,4-9H2,1-3H3. The molecule has 2 atom stereocenters. The van der Waals surface area contributed by atoms with E-state index in [9.17, 15) is 8.42 Å². The van der Waals surface area contributed by atoms with Crippen molar-refractivity contribution in [2.75, 3.05) is 35.7 Å². The first kappa shape index (κ1) is 16.8. The zero-order valence-electron chi connectivity index (χ0n) is 11.4. The average molecular weight is 358 g/mol. The van der Waals surface area contributed by atoms with Crippen LogP contribution in [0.5, 0.6) is 0 Å². The van der Waals surface area contributed by atoms with E-state index in [2.05, 4.69) is 34.7 Å². The number of sulfone groups is 1. The molecular formula is C12H24BrNO2S2. The zero-order valence-corrected chi connectivity index (χ0v) is 14.7. The Labute approximate surface area is 124 Å². The summed E-state index contributed by atoms with van der Waals surface area (Å²) in [5.74, 6) is 3.10. The lowest BCUT2D eigenvalue weighted by atomic mass is 9.97. The Hall–Kier alpha value is 0.740. The van der Waals surface area contributed by atoms with Crippen molar-refractivity contribution in [2.45, 2.75) is 26.1 Å². The van der Waals surface area contributed by atoms with Crippen LogP contribution in [0.25, 0.3) is 0 Å². The molecule has 0 saturated carbocycles. The summed E-state index contributed by atoms with van der Waals surface area (Å²) in [5, 5.41) is 0.661. The zero-order chi connectivity index (χ0) is 13.8. The van der Waals surface area contributed by atoms with Crippen LogP contribution in [0.1, 0.15) is 20.8 Å². The van der Waals surface area contributed by atoms with E-state index >= 15 is 0 Å². The topological polar surface area (TPSA) is 37.4 Å². The van der Waals surface area contributed by atoms with Gasteiger partial charge in [-0.1, -0.05) is 36.7 Å². The maximum Gasteiger partial charge on any atom is 0.166 e. The Bertz CT molecular complexity index is 346. The Balaban J connectivity index is 2.77. The van der Waals surface area contributed by atoms with Gasteiger partial charge < -0.3 is 0 Å². The van der Waals surface area contributed by atoms with Crippen LogP contribution in [0.3, 0.4) is 0 Å². The average Bonchev–Trinajstić information content (AvgIpc) is 2.35. The third kappa shape index (κ3) is 4.39. The Kier molecular flexibility index (Phi) is 7.00. The number of rotatable bonds is 6. The van der Waals surface area contributed by atoms with Gasteiger partial charge in [0.2, 0.25) is 0 Å². The van der Waals surface area contributed by atoms with Crippen molar-refractivity contribution >= 4 is 37.5 Å². The molecule has 1 saturated heterocycles. The second kappa shape index (κ2) is 7.50. The molecule has 0 aromatic carbocycles. The van der Waals surface area contributed by atoms with Crippen molar-refractivity contribution in [3.63, 3.8) is 0 Å². The Morgan fingerprint density at radius 1 is 1.44 bits per heavy atom. The highest BCUT2D eigenvalue weighted by molar-refractivity contribution is 9.09. The van der Waals surface area contributed by atoms with Crippen LogP contribution in [0, 0.1) is 11.8 Å². The summed E-state index contributed by atoms with van der Waals surface area (Å²) in [6.45, 7) is 7.93. The fourth-order valence-electron chi connectivity index (χ4n) is 2.09. The van der Waals surface area contributed by atoms with Gasteiger partial charge in [0.05, 0.1) is 0 Å². The molecule has 0 bridgehead atoms. The number of halogens is 1. The third-order valence-corrected chi connectivity index (χ3v) is 7.78. The number of hydrogen-bond acceptors (Lipinski definition) is 4. The summed E-state index contributed by atoms with van der Waals surface area (Å²) in [5.41, 5.74) is 0. The highest BCUT2D eigenvalue weighted by atomic mass is 79.9. The van der Waals surface area contributed by atoms with E-state index in [1.807, 2.05) is 0 Å². The smallest absolute Gasteiger partial charge is 0.166 e. The van der Waals surface area contributed by atoms with Gasteiger partial charge in [-0.15, -0.1) is 0 Å². The molecule has 0 aromatic heterocycles. The van der Waals surface area contributed by atoms with Crippen molar-refractivity contribution in [3.05, 3.63) is 0 Å². The highest BCUT2D eigenvalue weighted by Gasteiger charge is 2.34. The fraction of sp³-hybridized carbons (Fsp3) is 1.00. The van der Waals surface area contributed by atoms with Crippen LogP contribution in [-0.4, -0.2) is 54.4 Å². The van der Waals surface area contributed by atoms with E-state index in [1.165, 1.54) is 0 Å². The van der Waals surface area contributed by atoms with Gasteiger partial charge in [0.15, 0.2) is 9.84 Å². The SMILES string of the molecule is CCS(=O)(=O)C1CSCCN1CC(CBr)C(C)C. The molecule has 1 heterocycles. The molecule has 1 fully saturated rings. The number of alkyl halides is 1. The first-order chi connectivity index (χ1) is 8.42. The molecule has 108 valence electrons. The van der Waals surface area contributed by atoms with Crippen molar-refractivity contribution in [2.24, 2.45) is 11.8 Å². The van der Waals surface area contributed by atoms with Gasteiger partial charge in [0.1, 0.15) is 5.37 Å². The van der Waals surface area contributed by atoms with Crippen LogP contribution in [0.2, 0.25) is 0 Å². The molecule has 0 amide bonds. The minimum absolute atomic E-state index is 0.245. The van der Waals surface area contributed by atoms with Crippen LogP contribution in [0.4, 0.5) is 0 Å². The molecule has 1 aliphatic rings. The molecule has 1 aliphatic heterocycles. The van der Waals surface area contributed by atoms with E-state index in [0.29, 0.717) is 11.8 Å². The maximum atomic E-state index is 12.1. The quantitative estimate of drug-likeness (QED) is 0.684. The fourth-order valence-corrected chi connectivity index (χ4v) is 6.13. The van der Waals surface area contributed by atoms with Gasteiger partial charge in [-0.05, 0) is 11.8 Å². The number of thioether (sulfide) groups is 1. The lowest BCUT2D eigenvalue weighted by Gasteiger charge is -2.37. The highest BCUT2D eigenvalue weighted by Crippen LogP contribution is 2.24.